The van der Waals surface area contributed by atoms with E-state index in [1.807, 2.05) is 6.07 Å². The molecule has 94 valence electrons. The fraction of sp³-hybridized carbons (Fsp3) is 0.286. The molecule has 0 fully saturated rings. The molecule has 1 atom stereocenters. The molecule has 2 N–H and O–H groups in total. The normalized spacial score (nSPS) is 11.3. The van der Waals surface area contributed by atoms with Gasteiger partial charge in [0.15, 0.2) is 0 Å². The number of carboxylic acid groups (broad SMARTS) is 1. The lowest BCUT2D eigenvalue weighted by Crippen LogP contribution is -2.29. The zero-order chi connectivity index (χ0) is 13.4. The molecule has 0 aliphatic rings. The zero-order valence-electron chi connectivity index (χ0n) is 10.1. The molecule has 4 heteroatoms. The molecule has 1 rings (SSSR count). The third-order valence-corrected chi connectivity index (χ3v) is 2.55. The van der Waals surface area contributed by atoms with E-state index in [9.17, 15) is 4.79 Å². The summed E-state index contributed by atoms with van der Waals surface area (Å²) in [4.78, 5) is 11.1. The maximum absolute atomic E-state index is 11.1. The fourth-order valence-corrected chi connectivity index (χ4v) is 1.57. The topological polar surface area (TPSA) is 73.1 Å². The van der Waals surface area contributed by atoms with Crippen LogP contribution in [0, 0.1) is 11.3 Å². The standard InChI is InChI=1S/C14H16N2O2/c1-2-3-4-5-13(14(17)18)16-12-8-6-11(10-15)7-9-12/h2,6-9,13,16H,1,3-5H2,(H,17,18). The van der Waals surface area contributed by atoms with Gasteiger partial charge in [0.2, 0.25) is 0 Å². The Labute approximate surface area is 107 Å². The van der Waals surface area contributed by atoms with E-state index in [1.54, 1.807) is 30.3 Å². The van der Waals surface area contributed by atoms with Crippen molar-refractivity contribution in [1.82, 2.24) is 0 Å². The summed E-state index contributed by atoms with van der Waals surface area (Å²) < 4.78 is 0. The Morgan fingerprint density at radius 1 is 1.50 bits per heavy atom. The number of hydrogen-bond acceptors (Lipinski definition) is 3. The van der Waals surface area contributed by atoms with E-state index in [0.717, 1.165) is 12.8 Å². The molecule has 0 amide bonds. The highest BCUT2D eigenvalue weighted by atomic mass is 16.4. The maximum atomic E-state index is 11.1. The Hall–Kier alpha value is -2.28. The monoisotopic (exact) mass is 244 g/mol. The van der Waals surface area contributed by atoms with Gasteiger partial charge in [-0.15, -0.1) is 6.58 Å². The van der Waals surface area contributed by atoms with Crippen molar-refractivity contribution in [3.8, 4) is 6.07 Å². The van der Waals surface area contributed by atoms with E-state index in [-0.39, 0.29) is 0 Å². The molecule has 18 heavy (non-hydrogen) atoms. The SMILES string of the molecule is C=CCCCC(Nc1ccc(C#N)cc1)C(=O)O. The van der Waals surface area contributed by atoms with E-state index in [0.29, 0.717) is 17.7 Å². The molecular formula is C14H16N2O2. The third-order valence-electron chi connectivity index (χ3n) is 2.55. The fourth-order valence-electron chi connectivity index (χ4n) is 1.57. The lowest BCUT2D eigenvalue weighted by atomic mass is 10.1. The molecule has 4 nitrogen and oxygen atoms in total. The molecule has 0 aliphatic heterocycles. The number of nitriles is 1. The van der Waals surface area contributed by atoms with E-state index < -0.39 is 12.0 Å². The summed E-state index contributed by atoms with van der Waals surface area (Å²) in [7, 11) is 0. The van der Waals surface area contributed by atoms with Gasteiger partial charge in [0.1, 0.15) is 6.04 Å². The van der Waals surface area contributed by atoms with Crippen LogP contribution >= 0.6 is 0 Å². The maximum Gasteiger partial charge on any atom is 0.326 e. The van der Waals surface area contributed by atoms with Gasteiger partial charge in [-0.3, -0.25) is 0 Å². The second kappa shape index (κ2) is 7.13. The number of aliphatic carboxylic acids is 1. The molecule has 0 aliphatic carbocycles. The number of nitrogens with zero attached hydrogens (tertiary/aromatic N) is 1. The summed E-state index contributed by atoms with van der Waals surface area (Å²) in [6.45, 7) is 3.61. The summed E-state index contributed by atoms with van der Waals surface area (Å²) >= 11 is 0. The highest BCUT2D eigenvalue weighted by Crippen LogP contribution is 2.13. The third kappa shape index (κ3) is 4.30. The van der Waals surface area contributed by atoms with Crippen LogP contribution in [0.15, 0.2) is 36.9 Å². The number of anilines is 1. The van der Waals surface area contributed by atoms with Crippen LogP contribution in [0.1, 0.15) is 24.8 Å². The molecule has 0 radical (unpaired) electrons. The van der Waals surface area contributed by atoms with Gasteiger partial charge in [0, 0.05) is 5.69 Å². The first-order valence-electron chi connectivity index (χ1n) is 5.77. The van der Waals surface area contributed by atoms with Gasteiger partial charge < -0.3 is 10.4 Å². The Balaban J connectivity index is 2.62. The number of hydrogen-bond donors (Lipinski definition) is 2. The highest BCUT2D eigenvalue weighted by Gasteiger charge is 2.16. The molecule has 0 bridgehead atoms. The van der Waals surface area contributed by atoms with Crippen molar-refractivity contribution in [2.75, 3.05) is 5.32 Å². The molecule has 0 aromatic heterocycles. The highest BCUT2D eigenvalue weighted by molar-refractivity contribution is 5.77. The predicted molar refractivity (Wildman–Crippen MR) is 70.3 cm³/mol. The Bertz CT molecular complexity index is 446. The largest absolute Gasteiger partial charge is 0.480 e. The van der Waals surface area contributed by atoms with Crippen LogP contribution in [0.4, 0.5) is 5.69 Å². The van der Waals surface area contributed by atoms with Gasteiger partial charge in [0.05, 0.1) is 11.6 Å². The molecule has 0 saturated heterocycles. The predicted octanol–water partition coefficient (Wildman–Crippen LogP) is 2.78. The van der Waals surface area contributed by atoms with E-state index in [2.05, 4.69) is 11.9 Å². The molecule has 1 unspecified atom stereocenters. The molecule has 1 aromatic rings. The number of carbonyl (C=O) groups is 1. The van der Waals surface area contributed by atoms with Crippen molar-refractivity contribution in [2.24, 2.45) is 0 Å². The van der Waals surface area contributed by atoms with Gasteiger partial charge >= 0.3 is 5.97 Å². The average Bonchev–Trinajstić information content (AvgIpc) is 2.38. The van der Waals surface area contributed by atoms with Crippen LogP contribution in [0.5, 0.6) is 0 Å². The summed E-state index contributed by atoms with van der Waals surface area (Å²) in [5.74, 6) is -0.872. The molecule has 0 saturated carbocycles. The van der Waals surface area contributed by atoms with Gasteiger partial charge in [-0.2, -0.15) is 5.26 Å². The van der Waals surface area contributed by atoms with E-state index >= 15 is 0 Å². The van der Waals surface area contributed by atoms with Crippen molar-refractivity contribution < 1.29 is 9.90 Å². The van der Waals surface area contributed by atoms with Crippen LogP contribution in [0.2, 0.25) is 0 Å². The smallest absolute Gasteiger partial charge is 0.326 e. The number of carboxylic acids is 1. The van der Waals surface area contributed by atoms with Gasteiger partial charge in [0.25, 0.3) is 0 Å². The lowest BCUT2D eigenvalue weighted by molar-refractivity contribution is -0.138. The van der Waals surface area contributed by atoms with Crippen LogP contribution in [0.3, 0.4) is 0 Å². The first-order valence-corrected chi connectivity index (χ1v) is 5.77. The van der Waals surface area contributed by atoms with Crippen LogP contribution in [0.25, 0.3) is 0 Å². The quantitative estimate of drug-likeness (QED) is 0.571. The summed E-state index contributed by atoms with van der Waals surface area (Å²) in [6, 6.07) is 8.14. The van der Waals surface area contributed by atoms with Crippen molar-refractivity contribution >= 4 is 11.7 Å². The minimum absolute atomic E-state index is 0.543. The summed E-state index contributed by atoms with van der Waals surface area (Å²) in [6.07, 6.45) is 3.91. The summed E-state index contributed by atoms with van der Waals surface area (Å²) in [5, 5.41) is 20.7. The van der Waals surface area contributed by atoms with Gasteiger partial charge in [-0.25, -0.2) is 4.79 Å². The minimum Gasteiger partial charge on any atom is -0.480 e. The first kappa shape index (κ1) is 13.8. The van der Waals surface area contributed by atoms with Crippen LogP contribution in [-0.4, -0.2) is 17.1 Å². The molecule has 0 spiro atoms. The number of rotatable bonds is 7. The van der Waals surface area contributed by atoms with Crippen molar-refractivity contribution in [3.05, 3.63) is 42.5 Å². The van der Waals surface area contributed by atoms with E-state index in [1.165, 1.54) is 0 Å². The number of unbranched alkanes of at least 4 members (excludes halogenated alkanes) is 1. The Morgan fingerprint density at radius 2 is 2.17 bits per heavy atom. The second-order valence-electron chi connectivity index (χ2n) is 3.94. The molecule has 1 aromatic carbocycles. The molecular weight excluding hydrogens is 228 g/mol. The lowest BCUT2D eigenvalue weighted by Gasteiger charge is -2.15. The zero-order valence-corrected chi connectivity index (χ0v) is 10.1. The number of allylic oxidation sites excluding steroid dienone is 1. The summed E-state index contributed by atoms with van der Waals surface area (Å²) in [5.41, 5.74) is 1.26. The Kier molecular flexibility index (Phi) is 5.46. The average molecular weight is 244 g/mol. The van der Waals surface area contributed by atoms with Gasteiger partial charge in [-0.05, 0) is 43.5 Å². The van der Waals surface area contributed by atoms with Crippen LogP contribution < -0.4 is 5.32 Å². The number of nitrogens with one attached hydrogen (secondary N) is 1. The second-order valence-corrected chi connectivity index (χ2v) is 3.94. The van der Waals surface area contributed by atoms with Gasteiger partial charge in [-0.1, -0.05) is 6.08 Å². The molecule has 0 heterocycles. The van der Waals surface area contributed by atoms with Crippen molar-refractivity contribution in [3.63, 3.8) is 0 Å². The number of benzene rings is 1. The van der Waals surface area contributed by atoms with Crippen LogP contribution in [-0.2, 0) is 4.79 Å². The minimum atomic E-state index is -0.872. The van der Waals surface area contributed by atoms with Crippen molar-refractivity contribution in [2.45, 2.75) is 25.3 Å². The first-order chi connectivity index (χ1) is 8.67. The Morgan fingerprint density at radius 3 is 2.67 bits per heavy atom. The van der Waals surface area contributed by atoms with E-state index in [4.69, 9.17) is 10.4 Å². The van der Waals surface area contributed by atoms with Crippen molar-refractivity contribution in [1.29, 1.82) is 5.26 Å².